The zero-order valence-electron chi connectivity index (χ0n) is 19.2. The van der Waals surface area contributed by atoms with Gasteiger partial charge in [0.2, 0.25) is 0 Å². The minimum absolute atomic E-state index is 0.243. The lowest BCUT2D eigenvalue weighted by Gasteiger charge is -2.31. The highest BCUT2D eigenvalue weighted by atomic mass is 35.5. The minimum Gasteiger partial charge on any atom is -0.455 e. The quantitative estimate of drug-likeness (QED) is 0.337. The van der Waals surface area contributed by atoms with Crippen LogP contribution in [0.5, 0.6) is 11.5 Å². The molecule has 0 bridgehead atoms. The fraction of sp³-hybridized carbons (Fsp3) is 0.0357. The van der Waals surface area contributed by atoms with Crippen molar-refractivity contribution in [3.05, 3.63) is 124 Å². The van der Waals surface area contributed by atoms with Crippen molar-refractivity contribution in [1.29, 1.82) is 0 Å². The van der Waals surface area contributed by atoms with E-state index in [9.17, 15) is 13.2 Å². The van der Waals surface area contributed by atoms with Gasteiger partial charge in [0.1, 0.15) is 5.75 Å². The summed E-state index contributed by atoms with van der Waals surface area (Å²) in [4.78, 5) is 13.4. The van der Waals surface area contributed by atoms with Gasteiger partial charge in [-0.1, -0.05) is 78.3 Å². The number of para-hydroxylation sites is 2. The van der Waals surface area contributed by atoms with E-state index in [1.807, 2.05) is 30.3 Å². The maximum atomic E-state index is 13.8. The summed E-state index contributed by atoms with van der Waals surface area (Å²) in [7, 11) is -2.75. The standard InChI is InChI=1S/C28H21ClN2O4S/c1-31-24-15-9-8-14-22(24)26(19-10-4-2-5-11-19)27(36(31,33)34)28(32)30-23-18-20(29)16-17-25(23)35-21-12-6-3-7-13-21/h2-18H,1H3,(H,30,32). The van der Waals surface area contributed by atoms with E-state index in [1.165, 1.54) is 13.1 Å². The number of benzene rings is 4. The fourth-order valence-corrected chi connectivity index (χ4v) is 5.72. The Hall–Kier alpha value is -4.07. The van der Waals surface area contributed by atoms with E-state index in [-0.39, 0.29) is 10.6 Å². The van der Waals surface area contributed by atoms with Crippen LogP contribution in [0.25, 0.3) is 5.57 Å². The van der Waals surface area contributed by atoms with E-state index in [4.69, 9.17) is 16.3 Å². The third kappa shape index (κ3) is 4.34. The number of hydrogen-bond donors (Lipinski definition) is 1. The highest BCUT2D eigenvalue weighted by Gasteiger charge is 2.39. The first-order valence-electron chi connectivity index (χ1n) is 11.1. The maximum absolute atomic E-state index is 13.8. The zero-order chi connectivity index (χ0) is 25.3. The molecule has 1 amide bonds. The molecule has 1 aliphatic rings. The zero-order valence-corrected chi connectivity index (χ0v) is 20.8. The van der Waals surface area contributed by atoms with Crippen LogP contribution in [0.15, 0.2) is 108 Å². The Balaban J connectivity index is 1.65. The molecule has 4 aromatic rings. The second kappa shape index (κ2) is 9.53. The fourth-order valence-electron chi connectivity index (χ4n) is 4.08. The lowest BCUT2D eigenvalue weighted by molar-refractivity contribution is -0.112. The topological polar surface area (TPSA) is 75.7 Å². The second-order valence-corrected chi connectivity index (χ2v) is 10.4. The van der Waals surface area contributed by atoms with Crippen molar-refractivity contribution in [2.45, 2.75) is 0 Å². The molecule has 1 heterocycles. The van der Waals surface area contributed by atoms with Crippen molar-refractivity contribution in [3.8, 4) is 11.5 Å². The van der Waals surface area contributed by atoms with Gasteiger partial charge in [0, 0.05) is 23.2 Å². The smallest absolute Gasteiger partial charge is 0.270 e. The van der Waals surface area contributed by atoms with Crippen molar-refractivity contribution >= 4 is 44.5 Å². The van der Waals surface area contributed by atoms with Crippen molar-refractivity contribution in [1.82, 2.24) is 0 Å². The van der Waals surface area contributed by atoms with Gasteiger partial charge in [-0.15, -0.1) is 0 Å². The first kappa shape index (κ1) is 23.7. The van der Waals surface area contributed by atoms with Crippen LogP contribution in [-0.2, 0) is 14.8 Å². The SMILES string of the molecule is CN1c2ccccc2C(c2ccccc2)=C(C(=O)Nc2cc(Cl)ccc2Oc2ccccc2)S1(=O)=O. The van der Waals surface area contributed by atoms with Gasteiger partial charge >= 0.3 is 0 Å². The first-order chi connectivity index (χ1) is 17.4. The van der Waals surface area contributed by atoms with E-state index in [2.05, 4.69) is 5.32 Å². The highest BCUT2D eigenvalue weighted by Crippen LogP contribution is 2.42. The predicted octanol–water partition coefficient (Wildman–Crippen LogP) is 6.31. The molecule has 5 rings (SSSR count). The molecule has 0 saturated carbocycles. The van der Waals surface area contributed by atoms with E-state index < -0.39 is 15.9 Å². The maximum Gasteiger partial charge on any atom is 0.270 e. The van der Waals surface area contributed by atoms with Gasteiger partial charge in [0.25, 0.3) is 15.9 Å². The van der Waals surface area contributed by atoms with Crippen molar-refractivity contribution < 1.29 is 17.9 Å². The van der Waals surface area contributed by atoms with Crippen LogP contribution in [0, 0.1) is 0 Å². The van der Waals surface area contributed by atoms with Crippen LogP contribution in [0.4, 0.5) is 11.4 Å². The summed E-state index contributed by atoms with van der Waals surface area (Å²) in [6.07, 6.45) is 0. The molecule has 8 heteroatoms. The molecular formula is C28H21ClN2O4S. The number of sulfonamides is 1. The molecule has 0 unspecified atom stereocenters. The summed E-state index contributed by atoms with van der Waals surface area (Å²) >= 11 is 6.21. The molecule has 1 N–H and O–H groups in total. The number of nitrogens with zero attached hydrogens (tertiary/aromatic N) is 1. The Morgan fingerprint density at radius 3 is 2.22 bits per heavy atom. The summed E-state index contributed by atoms with van der Waals surface area (Å²) < 4.78 is 34.4. The Morgan fingerprint density at radius 1 is 0.861 bits per heavy atom. The Kier molecular flexibility index (Phi) is 6.26. The monoisotopic (exact) mass is 516 g/mol. The molecule has 0 fully saturated rings. The van der Waals surface area contributed by atoms with Gasteiger partial charge in [-0.2, -0.15) is 0 Å². The number of anilines is 2. The summed E-state index contributed by atoms with van der Waals surface area (Å²) in [5, 5.41) is 3.09. The largest absolute Gasteiger partial charge is 0.455 e. The Morgan fingerprint density at radius 2 is 1.50 bits per heavy atom. The van der Waals surface area contributed by atoms with Crippen LogP contribution in [0.2, 0.25) is 5.02 Å². The van der Waals surface area contributed by atoms with Gasteiger partial charge in [-0.3, -0.25) is 9.10 Å². The van der Waals surface area contributed by atoms with E-state index >= 15 is 0 Å². The Bertz CT molecular complexity index is 1590. The molecule has 0 aromatic heterocycles. The number of nitrogens with one attached hydrogen (secondary N) is 1. The lowest BCUT2D eigenvalue weighted by atomic mass is 9.95. The van der Waals surface area contributed by atoms with Gasteiger partial charge in [0.05, 0.1) is 11.4 Å². The van der Waals surface area contributed by atoms with Crippen molar-refractivity contribution in [2.75, 3.05) is 16.7 Å². The summed E-state index contributed by atoms with van der Waals surface area (Å²) in [5.41, 5.74) is 2.31. The van der Waals surface area contributed by atoms with Gasteiger partial charge in [-0.05, 0) is 42.0 Å². The van der Waals surface area contributed by atoms with E-state index in [1.54, 1.807) is 66.7 Å². The molecule has 0 spiro atoms. The van der Waals surface area contributed by atoms with Gasteiger partial charge in [-0.25, -0.2) is 8.42 Å². The number of hydrogen-bond acceptors (Lipinski definition) is 4. The van der Waals surface area contributed by atoms with Crippen molar-refractivity contribution in [2.24, 2.45) is 0 Å². The van der Waals surface area contributed by atoms with Crippen LogP contribution in [0.3, 0.4) is 0 Å². The van der Waals surface area contributed by atoms with Gasteiger partial charge < -0.3 is 10.1 Å². The van der Waals surface area contributed by atoms with Crippen LogP contribution in [0.1, 0.15) is 11.1 Å². The normalized spacial score (nSPS) is 14.2. The number of amides is 1. The Labute approximate surface area is 214 Å². The molecule has 0 radical (unpaired) electrons. The molecule has 0 aliphatic carbocycles. The molecule has 0 saturated heterocycles. The number of fused-ring (bicyclic) bond motifs is 1. The molecule has 1 aliphatic heterocycles. The van der Waals surface area contributed by atoms with Crippen LogP contribution < -0.4 is 14.4 Å². The third-order valence-electron chi connectivity index (χ3n) is 5.79. The predicted molar refractivity (Wildman–Crippen MR) is 143 cm³/mol. The lowest BCUT2D eigenvalue weighted by Crippen LogP contribution is -2.37. The molecular weight excluding hydrogens is 496 g/mol. The molecule has 4 aromatic carbocycles. The van der Waals surface area contributed by atoms with Gasteiger partial charge in [0.15, 0.2) is 10.7 Å². The molecule has 180 valence electrons. The van der Waals surface area contributed by atoms with E-state index in [0.29, 0.717) is 38.9 Å². The molecule has 6 nitrogen and oxygen atoms in total. The number of carbonyl (C=O) groups is 1. The molecule has 36 heavy (non-hydrogen) atoms. The summed E-state index contributed by atoms with van der Waals surface area (Å²) in [6.45, 7) is 0. The minimum atomic E-state index is -4.19. The number of ether oxygens (including phenoxy) is 1. The second-order valence-electron chi connectivity index (χ2n) is 8.07. The van der Waals surface area contributed by atoms with Crippen molar-refractivity contribution in [3.63, 3.8) is 0 Å². The van der Waals surface area contributed by atoms with E-state index in [0.717, 1.165) is 4.31 Å². The van der Waals surface area contributed by atoms with Crippen LogP contribution in [-0.4, -0.2) is 21.4 Å². The number of rotatable bonds is 5. The average molecular weight is 517 g/mol. The number of halogens is 1. The molecule has 0 atom stereocenters. The van der Waals surface area contributed by atoms with Crippen LogP contribution >= 0.6 is 11.6 Å². The third-order valence-corrected chi connectivity index (χ3v) is 7.85. The summed E-state index contributed by atoms with van der Waals surface area (Å²) in [5.74, 6) is 0.0802. The highest BCUT2D eigenvalue weighted by molar-refractivity contribution is 7.97. The average Bonchev–Trinajstić information content (AvgIpc) is 2.88. The summed E-state index contributed by atoms with van der Waals surface area (Å²) in [6, 6.07) is 29.9. The number of carbonyl (C=O) groups excluding carboxylic acids is 1. The first-order valence-corrected chi connectivity index (χ1v) is 12.9.